The number of aliphatic carboxylic acids is 1. The minimum Gasteiger partial charge on any atom is -0.508 e. The van der Waals surface area contributed by atoms with Gasteiger partial charge in [-0.1, -0.05) is 12.1 Å². The van der Waals surface area contributed by atoms with Crippen molar-refractivity contribution in [3.63, 3.8) is 0 Å². The van der Waals surface area contributed by atoms with Crippen LogP contribution in [-0.2, 0) is 25.5 Å². The van der Waals surface area contributed by atoms with Crippen molar-refractivity contribution in [2.24, 2.45) is 0 Å². The summed E-state index contributed by atoms with van der Waals surface area (Å²) in [6.07, 6.45) is -6.88. The molecule has 0 saturated carbocycles. The van der Waals surface area contributed by atoms with Gasteiger partial charge in [-0.05, 0) is 38.5 Å². The van der Waals surface area contributed by atoms with E-state index in [9.17, 15) is 45.0 Å². The second kappa shape index (κ2) is 13.3. The third kappa shape index (κ3) is 9.32. The molecule has 1 heterocycles. The summed E-state index contributed by atoms with van der Waals surface area (Å²) in [5.74, 6) is -2.56. The molecule has 13 nitrogen and oxygen atoms in total. The number of hydrogen-bond acceptors (Lipinski definition) is 11. The Balaban J connectivity index is 2.12. The molecule has 1 aliphatic rings. The van der Waals surface area contributed by atoms with Crippen molar-refractivity contribution < 1.29 is 54.5 Å². The summed E-state index contributed by atoms with van der Waals surface area (Å²) >= 11 is 0.758. The van der Waals surface area contributed by atoms with Crippen molar-refractivity contribution in [2.75, 3.05) is 12.4 Å². The Morgan fingerprint density at radius 3 is 2.19 bits per heavy atom. The Hall–Kier alpha value is -2.62. The lowest BCUT2D eigenvalue weighted by molar-refractivity contribution is -0.205. The topological polar surface area (TPSA) is 215 Å². The molecule has 2 rings (SSSR count). The summed E-state index contributed by atoms with van der Waals surface area (Å²) in [6.45, 7) is 4.27. The van der Waals surface area contributed by atoms with E-state index in [0.717, 1.165) is 11.8 Å². The molecular weight excluding hydrogens is 512 g/mol. The fourth-order valence-corrected chi connectivity index (χ4v) is 4.56. The number of aromatic hydroxyl groups is 1. The highest BCUT2D eigenvalue weighted by atomic mass is 32.2. The lowest BCUT2D eigenvalue weighted by Gasteiger charge is -2.39. The van der Waals surface area contributed by atoms with Crippen molar-refractivity contribution in [3.05, 3.63) is 29.8 Å². The maximum absolute atomic E-state index is 13.0. The summed E-state index contributed by atoms with van der Waals surface area (Å²) < 4.78 is 10.6. The van der Waals surface area contributed by atoms with Gasteiger partial charge in [-0.25, -0.2) is 9.59 Å². The number of benzene rings is 1. The number of hydrogen-bond donors (Lipinski definition) is 8. The first-order valence-electron chi connectivity index (χ1n) is 11.4. The molecule has 1 aromatic carbocycles. The highest BCUT2D eigenvalue weighted by Crippen LogP contribution is 2.29. The van der Waals surface area contributed by atoms with E-state index in [0.29, 0.717) is 5.56 Å². The number of carbonyl (C=O) groups is 3. The van der Waals surface area contributed by atoms with Crippen molar-refractivity contribution in [3.8, 4) is 5.75 Å². The molecule has 14 heteroatoms. The maximum atomic E-state index is 13.0. The molecule has 1 saturated heterocycles. The molecule has 2 amide bonds. The third-order valence-corrected chi connectivity index (χ3v) is 6.52. The van der Waals surface area contributed by atoms with E-state index < -0.39 is 72.1 Å². The Labute approximate surface area is 217 Å². The number of alkyl carbamates (subject to hydrolysis) is 1. The predicted molar refractivity (Wildman–Crippen MR) is 131 cm³/mol. The number of phenols is 1. The minimum atomic E-state index is -1.63. The zero-order valence-electron chi connectivity index (χ0n) is 20.6. The van der Waals surface area contributed by atoms with Crippen molar-refractivity contribution >= 4 is 29.7 Å². The number of carboxylic acids is 1. The minimum absolute atomic E-state index is 0.000937. The highest BCUT2D eigenvalue weighted by molar-refractivity contribution is 7.99. The third-order valence-electron chi connectivity index (χ3n) is 5.27. The van der Waals surface area contributed by atoms with Crippen LogP contribution < -0.4 is 10.6 Å². The van der Waals surface area contributed by atoms with Crippen LogP contribution in [0.15, 0.2) is 24.3 Å². The maximum Gasteiger partial charge on any atom is 0.408 e. The number of aliphatic hydroxyl groups excluding tert-OH is 4. The van der Waals surface area contributed by atoms with Crippen LogP contribution in [0.1, 0.15) is 26.3 Å². The molecule has 8 N–H and O–H groups in total. The first-order valence-corrected chi connectivity index (χ1v) is 12.5. The fourth-order valence-electron chi connectivity index (χ4n) is 3.37. The van der Waals surface area contributed by atoms with Gasteiger partial charge in [-0.2, -0.15) is 0 Å². The standard InChI is InChI=1S/C23H34N2O11S/c1-23(2,3)36-22(34)25-13(8-11-4-6-12(27)7-5-11)19(31)24-14(20(32)33)10-37-21-18(30)17(29)16(28)15(9-26)35-21/h4-7,13-18,21,26-30H,8-10H2,1-3H3,(H,24,31)(H,25,34)(H,32,33)/t13-,14-,15+,16+,17-,18+,21-/m0/s1. The van der Waals surface area contributed by atoms with E-state index in [-0.39, 0.29) is 17.9 Å². The van der Waals surface area contributed by atoms with Gasteiger partial charge >= 0.3 is 12.1 Å². The molecule has 0 unspecified atom stereocenters. The number of phenolic OH excluding ortho intramolecular Hbond substituents is 1. The number of aliphatic hydroxyl groups is 4. The molecule has 208 valence electrons. The van der Waals surface area contributed by atoms with Crippen LogP contribution in [0.2, 0.25) is 0 Å². The van der Waals surface area contributed by atoms with Crippen LogP contribution in [-0.4, -0.2) is 109 Å². The number of rotatable bonds is 10. The molecular formula is C23H34N2O11S. The van der Waals surface area contributed by atoms with E-state index in [1.54, 1.807) is 20.8 Å². The molecule has 0 spiro atoms. The Bertz CT molecular complexity index is 922. The van der Waals surface area contributed by atoms with E-state index in [2.05, 4.69) is 10.6 Å². The molecule has 37 heavy (non-hydrogen) atoms. The van der Waals surface area contributed by atoms with Crippen LogP contribution in [0.4, 0.5) is 4.79 Å². The van der Waals surface area contributed by atoms with Gasteiger partial charge in [0.1, 0.15) is 53.3 Å². The Morgan fingerprint density at radius 1 is 1.03 bits per heavy atom. The average Bonchev–Trinajstić information content (AvgIpc) is 2.80. The smallest absolute Gasteiger partial charge is 0.408 e. The molecule has 0 aromatic heterocycles. The number of nitrogens with one attached hydrogen (secondary N) is 2. The quantitative estimate of drug-likeness (QED) is 0.176. The fraction of sp³-hybridized carbons (Fsp3) is 0.609. The molecule has 0 aliphatic carbocycles. The molecule has 1 fully saturated rings. The molecule has 1 aromatic rings. The van der Waals surface area contributed by atoms with Gasteiger partial charge in [0.05, 0.1) is 6.61 Å². The number of carbonyl (C=O) groups excluding carboxylic acids is 2. The Kier molecular flexibility index (Phi) is 11.0. The van der Waals surface area contributed by atoms with E-state index >= 15 is 0 Å². The summed E-state index contributed by atoms with van der Waals surface area (Å²) in [7, 11) is 0. The van der Waals surface area contributed by atoms with Crippen LogP contribution in [0.25, 0.3) is 0 Å². The van der Waals surface area contributed by atoms with Gasteiger partial charge in [-0.3, -0.25) is 4.79 Å². The zero-order chi connectivity index (χ0) is 27.9. The van der Waals surface area contributed by atoms with Crippen molar-refractivity contribution in [2.45, 2.75) is 74.7 Å². The summed E-state index contributed by atoms with van der Waals surface area (Å²) in [6, 6.07) is 3.14. The van der Waals surface area contributed by atoms with Crippen LogP contribution in [0.5, 0.6) is 5.75 Å². The van der Waals surface area contributed by atoms with Gasteiger partial charge in [0.15, 0.2) is 0 Å². The van der Waals surface area contributed by atoms with Crippen molar-refractivity contribution in [1.82, 2.24) is 10.6 Å². The number of ether oxygens (including phenoxy) is 2. The normalized spacial score (nSPS) is 25.5. The second-order valence-electron chi connectivity index (χ2n) is 9.50. The van der Waals surface area contributed by atoms with Gasteiger partial charge in [0.25, 0.3) is 0 Å². The number of thioether (sulfide) groups is 1. The van der Waals surface area contributed by atoms with Crippen LogP contribution in [0, 0.1) is 0 Å². The molecule has 7 atom stereocenters. The summed E-state index contributed by atoms with van der Waals surface area (Å²) in [5.41, 5.74) is -1.48. The average molecular weight is 547 g/mol. The first kappa shape index (κ1) is 30.6. The van der Waals surface area contributed by atoms with Crippen LogP contribution in [0.3, 0.4) is 0 Å². The second-order valence-corrected chi connectivity index (χ2v) is 10.6. The van der Waals surface area contributed by atoms with E-state index in [1.807, 2.05) is 0 Å². The van der Waals surface area contributed by atoms with E-state index in [1.165, 1.54) is 24.3 Å². The number of amides is 2. The lowest BCUT2D eigenvalue weighted by atomic mass is 10.0. The van der Waals surface area contributed by atoms with Gasteiger partial charge in [0, 0.05) is 12.2 Å². The first-order chi connectivity index (χ1) is 17.2. The van der Waals surface area contributed by atoms with Gasteiger partial charge < -0.3 is 50.7 Å². The SMILES string of the molecule is CC(C)(C)OC(=O)N[C@@H](Cc1ccc(O)cc1)C(=O)N[C@@H](CS[C@@H]1O[C@H](CO)[C@@H](O)[C@H](O)[C@H]1O)C(=O)O. The summed E-state index contributed by atoms with van der Waals surface area (Å²) in [5, 5.41) is 63.2. The van der Waals surface area contributed by atoms with Gasteiger partial charge in [0.2, 0.25) is 5.91 Å². The molecule has 0 bridgehead atoms. The predicted octanol–water partition coefficient (Wildman–Crippen LogP) is -1.07. The van der Waals surface area contributed by atoms with Crippen molar-refractivity contribution in [1.29, 1.82) is 0 Å². The highest BCUT2D eigenvalue weighted by Gasteiger charge is 2.44. The lowest BCUT2D eigenvalue weighted by Crippen LogP contribution is -2.58. The number of carboxylic acid groups (broad SMARTS) is 1. The molecule has 1 aliphatic heterocycles. The molecule has 0 radical (unpaired) electrons. The monoisotopic (exact) mass is 546 g/mol. The zero-order valence-corrected chi connectivity index (χ0v) is 21.4. The largest absolute Gasteiger partial charge is 0.508 e. The van der Waals surface area contributed by atoms with Gasteiger partial charge in [-0.15, -0.1) is 11.8 Å². The van der Waals surface area contributed by atoms with E-state index in [4.69, 9.17) is 9.47 Å². The Morgan fingerprint density at radius 2 is 1.65 bits per heavy atom. The summed E-state index contributed by atoms with van der Waals surface area (Å²) in [4.78, 5) is 37.2. The van der Waals surface area contributed by atoms with Crippen LogP contribution >= 0.6 is 11.8 Å².